The largest absolute Gasteiger partial charge is 0.378 e. The van der Waals surface area contributed by atoms with Crippen LogP contribution < -0.4 is 10.2 Å². The number of ether oxygens (including phenoxy) is 1. The van der Waals surface area contributed by atoms with E-state index in [1.807, 2.05) is 0 Å². The van der Waals surface area contributed by atoms with E-state index < -0.39 is 0 Å². The zero-order valence-corrected chi connectivity index (χ0v) is 12.2. The summed E-state index contributed by atoms with van der Waals surface area (Å²) in [5.41, 5.74) is 1.07. The number of anilines is 2. The number of morpholine rings is 1. The second-order valence-corrected chi connectivity index (χ2v) is 5.04. The number of benzene rings is 1. The molecule has 1 aromatic carbocycles. The molecule has 1 saturated heterocycles. The number of aromatic nitrogens is 3. The topological polar surface area (TPSA) is 63.2 Å². The molecular weight excluding hydrogens is 285 g/mol. The molecule has 0 atom stereocenters. The van der Waals surface area contributed by atoms with Crippen molar-refractivity contribution in [3.63, 3.8) is 0 Å². The number of hydrogen-bond donors (Lipinski definition) is 1. The highest BCUT2D eigenvalue weighted by Crippen LogP contribution is 2.11. The Balaban J connectivity index is 1.55. The smallest absolute Gasteiger partial charge is 0.247 e. The molecule has 1 aliphatic heterocycles. The van der Waals surface area contributed by atoms with Crippen LogP contribution in [0.4, 0.5) is 16.2 Å². The van der Waals surface area contributed by atoms with E-state index in [-0.39, 0.29) is 5.82 Å². The van der Waals surface area contributed by atoms with Crippen LogP contribution in [0.5, 0.6) is 0 Å². The van der Waals surface area contributed by atoms with Crippen molar-refractivity contribution in [1.82, 2.24) is 15.2 Å². The summed E-state index contributed by atoms with van der Waals surface area (Å²) in [6.45, 7) is 3.63. The van der Waals surface area contributed by atoms with Crippen molar-refractivity contribution >= 4 is 11.8 Å². The molecule has 3 rings (SSSR count). The standard InChI is InChI=1S/C15H18FN5O/c16-13-3-1-12(2-4-13)5-6-17-14-11-18-20-15(19-14)21-7-9-22-10-8-21/h1-4,11H,5-10H2,(H,17,19,20). The maximum Gasteiger partial charge on any atom is 0.247 e. The van der Waals surface area contributed by atoms with E-state index in [4.69, 9.17) is 4.74 Å². The van der Waals surface area contributed by atoms with Crippen molar-refractivity contribution in [2.75, 3.05) is 43.1 Å². The van der Waals surface area contributed by atoms with E-state index >= 15 is 0 Å². The third kappa shape index (κ3) is 3.88. The summed E-state index contributed by atoms with van der Waals surface area (Å²) in [5.74, 6) is 1.10. The summed E-state index contributed by atoms with van der Waals surface area (Å²) in [5, 5.41) is 11.3. The second kappa shape index (κ2) is 7.13. The van der Waals surface area contributed by atoms with Gasteiger partial charge in [0.1, 0.15) is 5.82 Å². The monoisotopic (exact) mass is 303 g/mol. The lowest BCUT2D eigenvalue weighted by Gasteiger charge is -2.26. The number of nitrogens with zero attached hydrogens (tertiary/aromatic N) is 4. The van der Waals surface area contributed by atoms with E-state index in [9.17, 15) is 4.39 Å². The lowest BCUT2D eigenvalue weighted by Crippen LogP contribution is -2.37. The van der Waals surface area contributed by atoms with Crippen molar-refractivity contribution in [3.8, 4) is 0 Å². The highest BCUT2D eigenvalue weighted by Gasteiger charge is 2.14. The van der Waals surface area contributed by atoms with Gasteiger partial charge in [0.05, 0.1) is 19.4 Å². The zero-order chi connectivity index (χ0) is 15.2. The van der Waals surface area contributed by atoms with Gasteiger partial charge in [0, 0.05) is 19.6 Å². The van der Waals surface area contributed by atoms with Crippen LogP contribution in [-0.4, -0.2) is 48.0 Å². The Morgan fingerprint density at radius 1 is 1.18 bits per heavy atom. The van der Waals surface area contributed by atoms with Crippen LogP contribution in [0, 0.1) is 5.82 Å². The molecule has 6 nitrogen and oxygen atoms in total. The van der Waals surface area contributed by atoms with Gasteiger partial charge in [-0.25, -0.2) is 4.39 Å². The SMILES string of the molecule is Fc1ccc(CCNc2cnnc(N3CCOCC3)n2)cc1. The van der Waals surface area contributed by atoms with Gasteiger partial charge in [-0.05, 0) is 24.1 Å². The fraction of sp³-hybridized carbons (Fsp3) is 0.400. The van der Waals surface area contributed by atoms with Crippen LogP contribution in [-0.2, 0) is 11.2 Å². The first-order valence-corrected chi connectivity index (χ1v) is 7.32. The molecule has 0 bridgehead atoms. The fourth-order valence-corrected chi connectivity index (χ4v) is 2.26. The molecule has 0 aliphatic carbocycles. The second-order valence-electron chi connectivity index (χ2n) is 5.04. The molecule has 0 amide bonds. The van der Waals surface area contributed by atoms with Crippen LogP contribution in [0.1, 0.15) is 5.56 Å². The van der Waals surface area contributed by atoms with Crippen LogP contribution >= 0.6 is 0 Å². The lowest BCUT2D eigenvalue weighted by molar-refractivity contribution is 0.122. The van der Waals surface area contributed by atoms with Crippen LogP contribution in [0.3, 0.4) is 0 Å². The number of halogens is 1. The lowest BCUT2D eigenvalue weighted by atomic mass is 10.1. The Hall–Kier alpha value is -2.28. The minimum Gasteiger partial charge on any atom is -0.378 e. The van der Waals surface area contributed by atoms with Gasteiger partial charge in [0.15, 0.2) is 5.82 Å². The number of nitrogens with one attached hydrogen (secondary N) is 1. The van der Waals surface area contributed by atoms with E-state index in [0.717, 1.165) is 25.1 Å². The predicted octanol–water partition coefficient (Wildman–Crippen LogP) is 1.50. The predicted molar refractivity (Wildman–Crippen MR) is 81.5 cm³/mol. The average Bonchev–Trinajstić information content (AvgIpc) is 2.58. The molecule has 2 aromatic rings. The van der Waals surface area contributed by atoms with E-state index in [1.165, 1.54) is 12.1 Å². The first-order valence-electron chi connectivity index (χ1n) is 7.32. The Labute approximate surface area is 128 Å². The number of hydrogen-bond acceptors (Lipinski definition) is 6. The zero-order valence-electron chi connectivity index (χ0n) is 12.2. The summed E-state index contributed by atoms with van der Waals surface area (Å²) in [6, 6.07) is 6.51. The molecule has 1 N–H and O–H groups in total. The first-order chi connectivity index (χ1) is 10.8. The highest BCUT2D eigenvalue weighted by atomic mass is 19.1. The van der Waals surface area contributed by atoms with Crippen LogP contribution in [0.15, 0.2) is 30.5 Å². The van der Waals surface area contributed by atoms with Crippen molar-refractivity contribution < 1.29 is 9.13 Å². The van der Waals surface area contributed by atoms with Gasteiger partial charge < -0.3 is 15.0 Å². The molecule has 116 valence electrons. The average molecular weight is 303 g/mol. The molecule has 1 aliphatic rings. The van der Waals surface area contributed by atoms with E-state index in [1.54, 1.807) is 18.3 Å². The van der Waals surface area contributed by atoms with Gasteiger partial charge in [0.2, 0.25) is 5.95 Å². The number of rotatable bonds is 5. The molecule has 0 unspecified atom stereocenters. The van der Waals surface area contributed by atoms with Gasteiger partial charge in [-0.2, -0.15) is 10.1 Å². The van der Waals surface area contributed by atoms with Crippen molar-refractivity contribution in [3.05, 3.63) is 41.8 Å². The van der Waals surface area contributed by atoms with Gasteiger partial charge in [-0.15, -0.1) is 5.10 Å². The molecule has 0 spiro atoms. The maximum atomic E-state index is 12.8. The van der Waals surface area contributed by atoms with Gasteiger partial charge in [-0.3, -0.25) is 0 Å². The van der Waals surface area contributed by atoms with Gasteiger partial charge in [0.25, 0.3) is 0 Å². The minimum absolute atomic E-state index is 0.216. The summed E-state index contributed by atoms with van der Waals surface area (Å²) < 4.78 is 18.2. The summed E-state index contributed by atoms with van der Waals surface area (Å²) in [4.78, 5) is 6.52. The molecule has 2 heterocycles. The summed E-state index contributed by atoms with van der Waals surface area (Å²) in [6.07, 6.45) is 2.39. The highest BCUT2D eigenvalue weighted by molar-refractivity contribution is 5.39. The normalized spacial score (nSPS) is 14.9. The molecule has 1 aromatic heterocycles. The maximum absolute atomic E-state index is 12.8. The van der Waals surface area contributed by atoms with Gasteiger partial charge in [-0.1, -0.05) is 12.1 Å². The Morgan fingerprint density at radius 3 is 2.73 bits per heavy atom. The third-order valence-corrected chi connectivity index (χ3v) is 3.47. The van der Waals surface area contributed by atoms with Gasteiger partial charge >= 0.3 is 0 Å². The minimum atomic E-state index is -0.216. The first kappa shape index (κ1) is 14.6. The van der Waals surface area contributed by atoms with Crippen LogP contribution in [0.25, 0.3) is 0 Å². The van der Waals surface area contributed by atoms with E-state index in [2.05, 4.69) is 25.4 Å². The van der Waals surface area contributed by atoms with Crippen molar-refractivity contribution in [1.29, 1.82) is 0 Å². The van der Waals surface area contributed by atoms with E-state index in [0.29, 0.717) is 31.5 Å². The van der Waals surface area contributed by atoms with Crippen molar-refractivity contribution in [2.45, 2.75) is 6.42 Å². The molecule has 22 heavy (non-hydrogen) atoms. The molecule has 0 radical (unpaired) electrons. The molecule has 0 saturated carbocycles. The fourth-order valence-electron chi connectivity index (χ4n) is 2.26. The third-order valence-electron chi connectivity index (χ3n) is 3.47. The molecule has 7 heteroatoms. The van der Waals surface area contributed by atoms with Crippen molar-refractivity contribution in [2.24, 2.45) is 0 Å². The Bertz CT molecular complexity index is 601. The summed E-state index contributed by atoms with van der Waals surface area (Å²) >= 11 is 0. The Morgan fingerprint density at radius 2 is 1.95 bits per heavy atom. The quantitative estimate of drug-likeness (QED) is 0.903. The Kier molecular flexibility index (Phi) is 4.75. The van der Waals surface area contributed by atoms with Crippen LogP contribution in [0.2, 0.25) is 0 Å². The summed E-state index contributed by atoms with van der Waals surface area (Å²) in [7, 11) is 0. The molecular formula is C15H18FN5O. The molecule has 1 fully saturated rings.